The van der Waals surface area contributed by atoms with E-state index in [1.807, 2.05) is 12.1 Å². The summed E-state index contributed by atoms with van der Waals surface area (Å²) < 4.78 is 6.51. The molecule has 1 heterocycles. The van der Waals surface area contributed by atoms with Gasteiger partial charge in [-0.2, -0.15) is 0 Å². The van der Waals surface area contributed by atoms with E-state index in [0.29, 0.717) is 0 Å². The standard InChI is InChI=1S/C16H21BrN2O/c1-3-15(18)16(12-6-8-13(17)9-7-12)19(2)11-14-5-4-10-20-14/h4-10,15-16H,3,11,18H2,1-2H3. The summed E-state index contributed by atoms with van der Waals surface area (Å²) in [7, 11) is 2.09. The fourth-order valence-corrected chi connectivity index (χ4v) is 2.72. The fraction of sp³-hybridized carbons (Fsp3) is 0.375. The van der Waals surface area contributed by atoms with Crippen LogP contribution in [-0.2, 0) is 6.54 Å². The summed E-state index contributed by atoms with van der Waals surface area (Å²) in [4.78, 5) is 2.25. The number of hydrogen-bond acceptors (Lipinski definition) is 3. The SMILES string of the molecule is CCC(N)C(c1ccc(Br)cc1)N(C)Cc1ccco1. The second kappa shape index (κ2) is 7.07. The number of likely N-dealkylation sites (N-methyl/N-ethyl adjacent to an activating group) is 1. The lowest BCUT2D eigenvalue weighted by Gasteiger charge is -2.32. The van der Waals surface area contributed by atoms with Gasteiger partial charge in [-0.25, -0.2) is 0 Å². The van der Waals surface area contributed by atoms with E-state index < -0.39 is 0 Å². The number of furan rings is 1. The van der Waals surface area contributed by atoms with Gasteiger partial charge in [-0.1, -0.05) is 35.0 Å². The van der Waals surface area contributed by atoms with Gasteiger partial charge in [0.05, 0.1) is 18.8 Å². The lowest BCUT2D eigenvalue weighted by Crippen LogP contribution is -2.38. The Balaban J connectivity index is 2.20. The molecule has 2 aromatic rings. The molecule has 4 heteroatoms. The summed E-state index contributed by atoms with van der Waals surface area (Å²) in [5, 5.41) is 0. The lowest BCUT2D eigenvalue weighted by atomic mass is 9.96. The predicted molar refractivity (Wildman–Crippen MR) is 85.3 cm³/mol. The fourth-order valence-electron chi connectivity index (χ4n) is 2.46. The number of halogens is 1. The van der Waals surface area contributed by atoms with Crippen molar-refractivity contribution in [1.82, 2.24) is 4.90 Å². The minimum absolute atomic E-state index is 0.0936. The van der Waals surface area contributed by atoms with Gasteiger partial charge in [-0.15, -0.1) is 0 Å². The molecule has 2 rings (SSSR count). The second-order valence-corrected chi connectivity index (χ2v) is 5.98. The van der Waals surface area contributed by atoms with Crippen molar-refractivity contribution in [2.45, 2.75) is 32.0 Å². The maximum atomic E-state index is 6.33. The Kier molecular flexibility index (Phi) is 5.40. The highest BCUT2D eigenvalue weighted by Gasteiger charge is 2.23. The van der Waals surface area contributed by atoms with Gasteiger partial charge in [-0.3, -0.25) is 4.90 Å². The molecule has 0 aliphatic heterocycles. The highest BCUT2D eigenvalue weighted by molar-refractivity contribution is 9.10. The highest BCUT2D eigenvalue weighted by Crippen LogP contribution is 2.26. The third-order valence-electron chi connectivity index (χ3n) is 3.55. The third-order valence-corrected chi connectivity index (χ3v) is 4.08. The first-order valence-corrected chi connectivity index (χ1v) is 7.64. The van der Waals surface area contributed by atoms with Crippen molar-refractivity contribution >= 4 is 15.9 Å². The number of nitrogens with two attached hydrogens (primary N) is 1. The molecule has 0 aliphatic rings. The zero-order chi connectivity index (χ0) is 14.5. The van der Waals surface area contributed by atoms with Crippen LogP contribution in [0.25, 0.3) is 0 Å². The van der Waals surface area contributed by atoms with E-state index in [1.54, 1.807) is 6.26 Å². The van der Waals surface area contributed by atoms with E-state index >= 15 is 0 Å². The highest BCUT2D eigenvalue weighted by atomic mass is 79.9. The molecule has 2 N–H and O–H groups in total. The molecule has 0 fully saturated rings. The van der Waals surface area contributed by atoms with Crippen molar-refractivity contribution in [2.75, 3.05) is 7.05 Å². The minimum Gasteiger partial charge on any atom is -0.468 e. The van der Waals surface area contributed by atoms with Gasteiger partial charge in [0, 0.05) is 10.5 Å². The number of benzene rings is 1. The van der Waals surface area contributed by atoms with Crippen molar-refractivity contribution in [3.63, 3.8) is 0 Å². The smallest absolute Gasteiger partial charge is 0.117 e. The quantitative estimate of drug-likeness (QED) is 0.868. The minimum atomic E-state index is 0.0936. The Hall–Kier alpha value is -1.10. The third kappa shape index (κ3) is 3.72. The van der Waals surface area contributed by atoms with E-state index in [1.165, 1.54) is 5.56 Å². The van der Waals surface area contributed by atoms with Gasteiger partial charge in [0.15, 0.2) is 0 Å². The van der Waals surface area contributed by atoms with Crippen LogP contribution in [0.2, 0.25) is 0 Å². The van der Waals surface area contributed by atoms with Gasteiger partial charge in [0.25, 0.3) is 0 Å². The zero-order valence-electron chi connectivity index (χ0n) is 11.9. The van der Waals surface area contributed by atoms with Crippen LogP contribution in [0.15, 0.2) is 51.6 Å². The maximum absolute atomic E-state index is 6.33. The number of hydrogen-bond donors (Lipinski definition) is 1. The van der Waals surface area contributed by atoms with Gasteiger partial charge in [0.1, 0.15) is 5.76 Å². The van der Waals surface area contributed by atoms with Crippen LogP contribution < -0.4 is 5.73 Å². The molecule has 0 aliphatic carbocycles. The summed E-state index contributed by atoms with van der Waals surface area (Å²) in [6, 6.07) is 12.6. The van der Waals surface area contributed by atoms with Crippen LogP contribution in [0.5, 0.6) is 0 Å². The average molecular weight is 337 g/mol. The van der Waals surface area contributed by atoms with Crippen LogP contribution in [0.4, 0.5) is 0 Å². The Morgan fingerprint density at radius 2 is 1.95 bits per heavy atom. The summed E-state index contributed by atoms with van der Waals surface area (Å²) in [5.74, 6) is 0.956. The predicted octanol–water partition coefficient (Wildman–Crippen LogP) is 3.95. The van der Waals surface area contributed by atoms with Crippen molar-refractivity contribution in [3.05, 3.63) is 58.5 Å². The molecular formula is C16H21BrN2O. The molecule has 1 aromatic heterocycles. The Morgan fingerprint density at radius 3 is 2.50 bits per heavy atom. The second-order valence-electron chi connectivity index (χ2n) is 5.06. The molecule has 2 unspecified atom stereocenters. The van der Waals surface area contributed by atoms with Crippen LogP contribution in [0.1, 0.15) is 30.7 Å². The van der Waals surface area contributed by atoms with Gasteiger partial charge in [0.2, 0.25) is 0 Å². The molecule has 0 spiro atoms. The van der Waals surface area contributed by atoms with Crippen molar-refractivity contribution in [3.8, 4) is 0 Å². The molecule has 0 radical (unpaired) electrons. The Morgan fingerprint density at radius 1 is 1.25 bits per heavy atom. The normalized spacial score (nSPS) is 14.4. The van der Waals surface area contributed by atoms with Gasteiger partial charge < -0.3 is 10.2 Å². The van der Waals surface area contributed by atoms with E-state index in [4.69, 9.17) is 10.2 Å². The molecule has 0 saturated carbocycles. The van der Waals surface area contributed by atoms with Gasteiger partial charge >= 0.3 is 0 Å². The molecule has 3 nitrogen and oxygen atoms in total. The summed E-state index contributed by atoms with van der Waals surface area (Å²) >= 11 is 3.47. The van der Waals surface area contributed by atoms with Gasteiger partial charge in [-0.05, 0) is 43.3 Å². The molecule has 0 saturated heterocycles. The lowest BCUT2D eigenvalue weighted by molar-refractivity contribution is 0.188. The van der Waals surface area contributed by atoms with Crippen molar-refractivity contribution in [2.24, 2.45) is 5.73 Å². The largest absolute Gasteiger partial charge is 0.468 e. The molecule has 20 heavy (non-hydrogen) atoms. The molecule has 2 atom stereocenters. The van der Waals surface area contributed by atoms with E-state index in [0.717, 1.165) is 23.2 Å². The van der Waals surface area contributed by atoms with E-state index in [2.05, 4.69) is 59.1 Å². The molecule has 0 amide bonds. The summed E-state index contributed by atoms with van der Waals surface area (Å²) in [6.45, 7) is 2.87. The first-order chi connectivity index (χ1) is 9.61. The topological polar surface area (TPSA) is 42.4 Å². The first kappa shape index (κ1) is 15.3. The zero-order valence-corrected chi connectivity index (χ0v) is 13.5. The number of rotatable bonds is 6. The first-order valence-electron chi connectivity index (χ1n) is 6.85. The maximum Gasteiger partial charge on any atom is 0.117 e. The van der Waals surface area contributed by atoms with E-state index in [9.17, 15) is 0 Å². The van der Waals surface area contributed by atoms with Crippen LogP contribution in [0.3, 0.4) is 0 Å². The van der Waals surface area contributed by atoms with E-state index in [-0.39, 0.29) is 12.1 Å². The monoisotopic (exact) mass is 336 g/mol. The Labute approximate surface area is 128 Å². The summed E-state index contributed by atoms with van der Waals surface area (Å²) in [5.41, 5.74) is 7.57. The summed E-state index contributed by atoms with van der Waals surface area (Å²) in [6.07, 6.45) is 2.64. The van der Waals surface area contributed by atoms with Crippen molar-refractivity contribution < 1.29 is 4.42 Å². The number of nitrogens with zero attached hydrogens (tertiary/aromatic N) is 1. The molecular weight excluding hydrogens is 316 g/mol. The van der Waals surface area contributed by atoms with Crippen LogP contribution in [0, 0.1) is 0 Å². The molecule has 0 bridgehead atoms. The van der Waals surface area contributed by atoms with Crippen LogP contribution >= 0.6 is 15.9 Å². The van der Waals surface area contributed by atoms with Crippen molar-refractivity contribution in [1.29, 1.82) is 0 Å². The Bertz CT molecular complexity index is 510. The molecule has 108 valence electrons. The van der Waals surface area contributed by atoms with Crippen LogP contribution in [-0.4, -0.2) is 18.0 Å². The molecule has 1 aromatic carbocycles. The average Bonchev–Trinajstić information content (AvgIpc) is 2.94.